The molecule has 0 bridgehead atoms. The summed E-state index contributed by atoms with van der Waals surface area (Å²) >= 11 is 5.71. The molecule has 0 aromatic heterocycles. The molecule has 0 aliphatic rings. The van der Waals surface area contributed by atoms with E-state index in [1.807, 2.05) is 0 Å². The lowest BCUT2D eigenvalue weighted by Crippen LogP contribution is -2.22. The van der Waals surface area contributed by atoms with Crippen LogP contribution in [0.4, 0.5) is 13.2 Å². The molecule has 0 saturated carbocycles. The number of aliphatic imine (C=N–C) groups is 1. The Kier molecular flexibility index (Phi) is 3.64. The highest BCUT2D eigenvalue weighted by atomic mass is 35.5. The van der Waals surface area contributed by atoms with Gasteiger partial charge in [0.25, 0.3) is 0 Å². The Morgan fingerprint density at radius 2 is 1.94 bits per heavy atom. The van der Waals surface area contributed by atoms with Crippen LogP contribution in [0.25, 0.3) is 0 Å². The molecule has 88 valence electrons. The number of nitrogens with two attached hydrogens (primary N) is 2. The van der Waals surface area contributed by atoms with Crippen molar-refractivity contribution < 1.29 is 13.2 Å². The van der Waals surface area contributed by atoms with Crippen LogP contribution in [0, 0.1) is 0 Å². The highest BCUT2D eigenvalue weighted by Crippen LogP contribution is 2.31. The summed E-state index contributed by atoms with van der Waals surface area (Å²) in [6.07, 6.45) is -4.41. The van der Waals surface area contributed by atoms with Gasteiger partial charge in [-0.05, 0) is 23.8 Å². The first-order chi connectivity index (χ1) is 7.30. The molecule has 3 nitrogen and oxygen atoms in total. The van der Waals surface area contributed by atoms with Crippen molar-refractivity contribution in [2.75, 3.05) is 0 Å². The monoisotopic (exact) mass is 251 g/mol. The molecule has 0 atom stereocenters. The van der Waals surface area contributed by atoms with Crippen molar-refractivity contribution in [2.45, 2.75) is 12.7 Å². The number of alkyl halides is 3. The standard InChI is InChI=1S/C9H9ClF3N3/c10-7-2-1-6(9(11,12)13)3-5(7)4-16-8(14)15/h1-3H,4H2,(H4,14,15,16). The van der Waals surface area contributed by atoms with Gasteiger partial charge in [-0.15, -0.1) is 0 Å². The fourth-order valence-electron chi connectivity index (χ4n) is 1.05. The van der Waals surface area contributed by atoms with E-state index in [-0.39, 0.29) is 23.1 Å². The topological polar surface area (TPSA) is 64.4 Å². The van der Waals surface area contributed by atoms with Crippen molar-refractivity contribution in [3.05, 3.63) is 34.3 Å². The van der Waals surface area contributed by atoms with Crippen LogP contribution in [0.2, 0.25) is 5.02 Å². The second-order valence-corrected chi connectivity index (χ2v) is 3.45. The molecule has 0 spiro atoms. The fourth-order valence-corrected chi connectivity index (χ4v) is 1.23. The number of nitrogens with zero attached hydrogens (tertiary/aromatic N) is 1. The molecule has 7 heteroatoms. The van der Waals surface area contributed by atoms with E-state index in [1.165, 1.54) is 6.07 Å². The lowest BCUT2D eigenvalue weighted by atomic mass is 10.1. The highest BCUT2D eigenvalue weighted by Gasteiger charge is 2.30. The Labute approximate surface area is 94.9 Å². The van der Waals surface area contributed by atoms with Gasteiger partial charge in [0, 0.05) is 5.02 Å². The van der Waals surface area contributed by atoms with Crippen molar-refractivity contribution in [3.8, 4) is 0 Å². The van der Waals surface area contributed by atoms with Gasteiger partial charge in [-0.2, -0.15) is 13.2 Å². The second-order valence-electron chi connectivity index (χ2n) is 3.05. The van der Waals surface area contributed by atoms with Gasteiger partial charge in [-0.3, -0.25) is 0 Å². The summed E-state index contributed by atoms with van der Waals surface area (Å²) < 4.78 is 37.1. The van der Waals surface area contributed by atoms with Gasteiger partial charge >= 0.3 is 6.18 Å². The van der Waals surface area contributed by atoms with Gasteiger partial charge in [0.1, 0.15) is 0 Å². The Morgan fingerprint density at radius 1 is 1.31 bits per heavy atom. The molecule has 0 aliphatic carbocycles. The molecular formula is C9H9ClF3N3. The number of guanidine groups is 1. The van der Waals surface area contributed by atoms with Crippen LogP contribution in [-0.4, -0.2) is 5.96 Å². The summed E-state index contributed by atoms with van der Waals surface area (Å²) in [6, 6.07) is 3.00. The highest BCUT2D eigenvalue weighted by molar-refractivity contribution is 6.31. The number of hydrogen-bond donors (Lipinski definition) is 2. The van der Waals surface area contributed by atoms with Crippen molar-refractivity contribution in [1.29, 1.82) is 0 Å². The minimum Gasteiger partial charge on any atom is -0.370 e. The van der Waals surface area contributed by atoms with Crippen LogP contribution in [-0.2, 0) is 12.7 Å². The lowest BCUT2D eigenvalue weighted by molar-refractivity contribution is -0.137. The number of hydrogen-bond acceptors (Lipinski definition) is 1. The first-order valence-electron chi connectivity index (χ1n) is 4.21. The third kappa shape index (κ3) is 3.30. The van der Waals surface area contributed by atoms with Crippen LogP contribution < -0.4 is 11.5 Å². The van der Waals surface area contributed by atoms with Crippen LogP contribution in [0.5, 0.6) is 0 Å². The molecular weight excluding hydrogens is 243 g/mol. The molecule has 1 aromatic rings. The fraction of sp³-hybridized carbons (Fsp3) is 0.222. The first kappa shape index (κ1) is 12.6. The zero-order valence-electron chi connectivity index (χ0n) is 8.05. The zero-order valence-corrected chi connectivity index (χ0v) is 8.81. The van der Waals surface area contributed by atoms with E-state index in [2.05, 4.69) is 4.99 Å². The maximum Gasteiger partial charge on any atom is 0.416 e. The number of rotatable bonds is 2. The number of halogens is 4. The zero-order chi connectivity index (χ0) is 12.3. The summed E-state index contributed by atoms with van der Waals surface area (Å²) in [6.45, 7) is -0.0783. The van der Waals surface area contributed by atoms with Gasteiger partial charge in [0.15, 0.2) is 5.96 Å². The average molecular weight is 252 g/mol. The van der Waals surface area contributed by atoms with E-state index < -0.39 is 11.7 Å². The van der Waals surface area contributed by atoms with E-state index in [0.717, 1.165) is 12.1 Å². The maximum absolute atomic E-state index is 12.4. The van der Waals surface area contributed by atoms with E-state index in [0.29, 0.717) is 0 Å². The van der Waals surface area contributed by atoms with Crippen LogP contribution in [0.1, 0.15) is 11.1 Å². The maximum atomic E-state index is 12.4. The Hall–Kier alpha value is -1.43. The molecule has 16 heavy (non-hydrogen) atoms. The van der Waals surface area contributed by atoms with Gasteiger partial charge in [0.05, 0.1) is 12.1 Å². The van der Waals surface area contributed by atoms with E-state index >= 15 is 0 Å². The van der Waals surface area contributed by atoms with Crippen molar-refractivity contribution in [1.82, 2.24) is 0 Å². The minimum absolute atomic E-state index is 0.0783. The Morgan fingerprint density at radius 3 is 2.44 bits per heavy atom. The summed E-state index contributed by atoms with van der Waals surface area (Å²) in [4.78, 5) is 3.60. The third-order valence-corrected chi connectivity index (χ3v) is 2.17. The molecule has 0 unspecified atom stereocenters. The van der Waals surface area contributed by atoms with Crippen LogP contribution in [0.3, 0.4) is 0 Å². The van der Waals surface area contributed by atoms with E-state index in [4.69, 9.17) is 23.1 Å². The molecule has 1 rings (SSSR count). The normalized spacial score (nSPS) is 11.2. The molecule has 4 N–H and O–H groups in total. The van der Waals surface area contributed by atoms with Crippen molar-refractivity contribution in [3.63, 3.8) is 0 Å². The largest absolute Gasteiger partial charge is 0.416 e. The molecule has 0 aliphatic heterocycles. The minimum atomic E-state index is -4.41. The Balaban J connectivity index is 3.05. The Bertz CT molecular complexity index is 411. The molecule has 0 fully saturated rings. The van der Waals surface area contributed by atoms with Gasteiger partial charge in [0.2, 0.25) is 0 Å². The van der Waals surface area contributed by atoms with Gasteiger partial charge < -0.3 is 11.5 Å². The molecule has 0 heterocycles. The number of benzene rings is 1. The summed E-state index contributed by atoms with van der Waals surface area (Å²) in [5.74, 6) is -0.200. The van der Waals surface area contributed by atoms with Crippen LogP contribution in [0.15, 0.2) is 23.2 Å². The molecule has 0 saturated heterocycles. The van der Waals surface area contributed by atoms with Crippen molar-refractivity contribution in [2.24, 2.45) is 16.5 Å². The summed E-state index contributed by atoms with van der Waals surface area (Å²) in [7, 11) is 0. The van der Waals surface area contributed by atoms with E-state index in [9.17, 15) is 13.2 Å². The van der Waals surface area contributed by atoms with E-state index in [1.54, 1.807) is 0 Å². The quantitative estimate of drug-likeness (QED) is 0.625. The summed E-state index contributed by atoms with van der Waals surface area (Å²) in [5, 5.41) is 0.193. The summed E-state index contributed by atoms with van der Waals surface area (Å²) in [5.41, 5.74) is 9.60. The SMILES string of the molecule is NC(N)=NCc1cc(C(F)(F)F)ccc1Cl. The van der Waals surface area contributed by atoms with Crippen LogP contribution >= 0.6 is 11.6 Å². The smallest absolute Gasteiger partial charge is 0.370 e. The molecule has 0 amide bonds. The molecule has 1 aromatic carbocycles. The third-order valence-electron chi connectivity index (χ3n) is 1.81. The van der Waals surface area contributed by atoms with Gasteiger partial charge in [-0.25, -0.2) is 4.99 Å². The lowest BCUT2D eigenvalue weighted by Gasteiger charge is -2.09. The predicted molar refractivity (Wildman–Crippen MR) is 56.0 cm³/mol. The van der Waals surface area contributed by atoms with Crippen molar-refractivity contribution >= 4 is 17.6 Å². The first-order valence-corrected chi connectivity index (χ1v) is 4.59. The average Bonchev–Trinajstić information content (AvgIpc) is 2.14. The molecule has 0 radical (unpaired) electrons. The van der Waals surface area contributed by atoms with Gasteiger partial charge in [-0.1, -0.05) is 11.6 Å². The second kappa shape index (κ2) is 4.61. The predicted octanol–water partition coefficient (Wildman–Crippen LogP) is 2.13.